The van der Waals surface area contributed by atoms with Crippen LogP contribution in [0.4, 0.5) is 17.6 Å². The van der Waals surface area contributed by atoms with Crippen molar-refractivity contribution in [1.82, 2.24) is 10.1 Å². The van der Waals surface area contributed by atoms with E-state index in [2.05, 4.69) is 16.7 Å². The number of nitrogens with zero attached hydrogens (tertiary/aromatic N) is 2. The highest BCUT2D eigenvalue weighted by molar-refractivity contribution is 5.57. The second-order valence-electron chi connectivity index (χ2n) is 6.70. The Morgan fingerprint density at radius 1 is 1.38 bits per heavy atom. The van der Waals surface area contributed by atoms with Gasteiger partial charge in [-0.05, 0) is 23.7 Å². The lowest BCUT2D eigenvalue weighted by Crippen LogP contribution is -2.47. The number of aromatic hydroxyl groups is 1. The van der Waals surface area contributed by atoms with Crippen LogP contribution in [-0.2, 0) is 0 Å². The summed E-state index contributed by atoms with van der Waals surface area (Å²) < 4.78 is 63.8. The average molecular weight is 410 g/mol. The van der Waals surface area contributed by atoms with E-state index in [0.29, 0.717) is 11.3 Å². The number of halogens is 4. The molecule has 2 aromatic rings. The maximum atomic E-state index is 14.8. The van der Waals surface area contributed by atoms with Crippen molar-refractivity contribution in [3.05, 3.63) is 60.1 Å². The number of allylic oxidation sites excluding steroid dienone is 5. The summed E-state index contributed by atoms with van der Waals surface area (Å²) >= 11 is 0. The van der Waals surface area contributed by atoms with Crippen molar-refractivity contribution in [2.75, 3.05) is 0 Å². The van der Waals surface area contributed by atoms with Crippen LogP contribution < -0.4 is 4.74 Å². The first-order valence-corrected chi connectivity index (χ1v) is 8.67. The van der Waals surface area contributed by atoms with Crippen LogP contribution in [0.5, 0.6) is 11.8 Å². The highest BCUT2D eigenvalue weighted by atomic mass is 19.3. The molecule has 1 N–H and O–H groups in total. The Hall–Kier alpha value is -3.10. The second kappa shape index (κ2) is 8.10. The summed E-state index contributed by atoms with van der Waals surface area (Å²) in [4.78, 5) is 4.10. The maximum absolute atomic E-state index is 14.8. The van der Waals surface area contributed by atoms with Crippen molar-refractivity contribution in [3.63, 3.8) is 0 Å². The zero-order valence-electron chi connectivity index (χ0n) is 15.4. The lowest BCUT2D eigenvalue weighted by molar-refractivity contribution is -0.0167. The number of hydrogen-bond acceptors (Lipinski definition) is 5. The van der Waals surface area contributed by atoms with E-state index in [-0.39, 0.29) is 30.2 Å². The van der Waals surface area contributed by atoms with Gasteiger partial charge in [0.2, 0.25) is 5.88 Å². The van der Waals surface area contributed by atoms with Gasteiger partial charge in [0.1, 0.15) is 17.6 Å². The Bertz CT molecular complexity index is 941. The molecule has 29 heavy (non-hydrogen) atoms. The Kier molecular flexibility index (Phi) is 5.76. The van der Waals surface area contributed by atoms with E-state index in [1.54, 1.807) is 12.1 Å². The minimum absolute atomic E-state index is 0.0230. The van der Waals surface area contributed by atoms with E-state index < -0.39 is 29.6 Å². The zero-order chi connectivity index (χ0) is 21.2. The predicted octanol–water partition coefficient (Wildman–Crippen LogP) is 5.31. The third-order valence-corrected chi connectivity index (χ3v) is 4.58. The largest absolute Gasteiger partial charge is 0.491 e. The van der Waals surface area contributed by atoms with E-state index in [1.165, 1.54) is 12.3 Å². The first kappa shape index (κ1) is 20.6. The topological polar surface area (TPSA) is 68.4 Å². The first-order valence-electron chi connectivity index (χ1n) is 8.67. The van der Waals surface area contributed by atoms with Gasteiger partial charge in [-0.25, -0.2) is 22.5 Å². The van der Waals surface area contributed by atoms with Crippen LogP contribution in [0, 0.1) is 0 Å². The van der Waals surface area contributed by atoms with Gasteiger partial charge >= 0.3 is 0 Å². The molecule has 1 fully saturated rings. The highest BCUT2D eigenvalue weighted by Crippen LogP contribution is 2.44. The zero-order valence-corrected chi connectivity index (χ0v) is 15.4. The van der Waals surface area contributed by atoms with Crippen LogP contribution in [-0.4, -0.2) is 33.4 Å². The van der Waals surface area contributed by atoms with Crippen LogP contribution in [0.1, 0.15) is 19.8 Å². The summed E-state index contributed by atoms with van der Waals surface area (Å²) in [6.07, 6.45) is -0.149. The molecule has 0 spiro atoms. The molecular formula is C20H18F4N2O3. The van der Waals surface area contributed by atoms with Crippen LogP contribution in [0.15, 0.2) is 64.6 Å². The van der Waals surface area contributed by atoms with Gasteiger partial charge in [-0.3, -0.25) is 0 Å². The first-order chi connectivity index (χ1) is 13.7. The molecule has 2 aromatic heterocycles. The van der Waals surface area contributed by atoms with E-state index in [1.807, 2.05) is 0 Å². The molecule has 0 radical (unpaired) electrons. The number of ether oxygens (including phenoxy) is 1. The molecule has 0 atom stereocenters. The van der Waals surface area contributed by atoms with Gasteiger partial charge in [0, 0.05) is 42.3 Å². The maximum Gasteiger partial charge on any atom is 0.266 e. The average Bonchev–Trinajstić information content (AvgIpc) is 3.06. The summed E-state index contributed by atoms with van der Waals surface area (Å²) in [6.45, 7) is 4.48. The Labute approximate surface area is 164 Å². The molecule has 5 nitrogen and oxygen atoms in total. The molecule has 3 rings (SSSR count). The second-order valence-corrected chi connectivity index (χ2v) is 6.70. The van der Waals surface area contributed by atoms with E-state index in [0.717, 1.165) is 19.1 Å². The molecule has 9 heteroatoms. The van der Waals surface area contributed by atoms with Crippen molar-refractivity contribution in [3.8, 4) is 23.1 Å². The lowest BCUT2D eigenvalue weighted by Gasteiger charge is -2.41. The number of aromatic nitrogens is 2. The third-order valence-electron chi connectivity index (χ3n) is 4.58. The third kappa shape index (κ3) is 4.67. The molecule has 0 amide bonds. The van der Waals surface area contributed by atoms with Gasteiger partial charge in [0.05, 0.1) is 0 Å². The minimum atomic E-state index is -2.99. The minimum Gasteiger partial charge on any atom is -0.491 e. The van der Waals surface area contributed by atoms with Gasteiger partial charge < -0.3 is 14.4 Å². The summed E-state index contributed by atoms with van der Waals surface area (Å²) in [5, 5.41) is 12.6. The summed E-state index contributed by atoms with van der Waals surface area (Å²) in [7, 11) is 0. The summed E-state index contributed by atoms with van der Waals surface area (Å²) in [6, 6.07) is 4.54. The van der Waals surface area contributed by atoms with Crippen LogP contribution >= 0.6 is 0 Å². The van der Waals surface area contributed by atoms with Crippen LogP contribution in [0.3, 0.4) is 0 Å². The monoisotopic (exact) mass is 410 g/mol. The Morgan fingerprint density at radius 2 is 2.10 bits per heavy atom. The number of pyridine rings is 1. The standard InChI is InChI=1S/C20H18F4N2O3/c1-11(3-5-15(12(2)21)19(22)23)20(24)8-14(9-20)28-18-6-4-13(10-25-18)16-7-17(27)26-29-16/h3-7,10,14,19H,1,8-9H2,2H3,(H,26,27)/b5-3-,15-12-/t14-,20-. The van der Waals surface area contributed by atoms with Crippen LogP contribution in [0.25, 0.3) is 11.3 Å². The van der Waals surface area contributed by atoms with Crippen LogP contribution in [0.2, 0.25) is 0 Å². The molecule has 1 aliphatic carbocycles. The van der Waals surface area contributed by atoms with Gasteiger partial charge in [0.25, 0.3) is 12.3 Å². The van der Waals surface area contributed by atoms with E-state index >= 15 is 0 Å². The number of rotatable bonds is 7. The van der Waals surface area contributed by atoms with Gasteiger partial charge in [-0.1, -0.05) is 18.7 Å². The highest BCUT2D eigenvalue weighted by Gasteiger charge is 2.48. The fraction of sp³-hybridized carbons (Fsp3) is 0.300. The lowest BCUT2D eigenvalue weighted by atomic mass is 9.74. The van der Waals surface area contributed by atoms with E-state index in [9.17, 15) is 22.7 Å². The molecule has 1 saturated carbocycles. The van der Waals surface area contributed by atoms with Gasteiger partial charge in [0.15, 0.2) is 5.76 Å². The van der Waals surface area contributed by atoms with Crippen molar-refractivity contribution in [2.24, 2.45) is 0 Å². The van der Waals surface area contributed by atoms with Crippen molar-refractivity contribution in [1.29, 1.82) is 0 Å². The molecule has 2 heterocycles. The summed E-state index contributed by atoms with van der Waals surface area (Å²) in [5.74, 6) is -0.679. The molecule has 0 aromatic carbocycles. The fourth-order valence-electron chi connectivity index (χ4n) is 2.85. The van der Waals surface area contributed by atoms with Gasteiger partial charge in [-0.15, -0.1) is 0 Å². The molecule has 154 valence electrons. The smallest absolute Gasteiger partial charge is 0.266 e. The number of alkyl halides is 3. The predicted molar refractivity (Wildman–Crippen MR) is 97.0 cm³/mol. The Morgan fingerprint density at radius 3 is 2.62 bits per heavy atom. The normalized spacial score (nSPS) is 22.5. The SMILES string of the molecule is C=C(/C=C\C(=C(/C)F)C(F)F)[C@]1(F)C[C@H](Oc2ccc(-c3cc(O)no3)cn2)C1. The van der Waals surface area contributed by atoms with Crippen molar-refractivity contribution >= 4 is 0 Å². The Balaban J connectivity index is 1.56. The molecule has 1 aliphatic rings. The molecule has 0 saturated heterocycles. The quantitative estimate of drug-likeness (QED) is 0.495. The number of hydrogen-bond donors (Lipinski definition) is 1. The van der Waals surface area contributed by atoms with Crippen molar-refractivity contribution < 1.29 is 31.9 Å². The molecule has 0 aliphatic heterocycles. The van der Waals surface area contributed by atoms with Crippen molar-refractivity contribution in [2.45, 2.75) is 38.0 Å². The molecular weight excluding hydrogens is 392 g/mol. The summed E-state index contributed by atoms with van der Waals surface area (Å²) in [5.41, 5.74) is -2.06. The van der Waals surface area contributed by atoms with E-state index in [4.69, 9.17) is 9.26 Å². The molecule has 0 bridgehead atoms. The molecule has 0 unspecified atom stereocenters. The van der Waals surface area contributed by atoms with Gasteiger partial charge in [-0.2, -0.15) is 0 Å². The fourth-order valence-corrected chi connectivity index (χ4v) is 2.85.